The lowest BCUT2D eigenvalue weighted by Crippen LogP contribution is -2.39. The fourth-order valence-corrected chi connectivity index (χ4v) is 13.2. The van der Waals surface area contributed by atoms with Gasteiger partial charge in [-0.25, -0.2) is 41.7 Å². The van der Waals surface area contributed by atoms with Gasteiger partial charge in [0, 0.05) is 108 Å². The van der Waals surface area contributed by atoms with Gasteiger partial charge in [-0.1, -0.05) is 101 Å². The second-order valence-electron chi connectivity index (χ2n) is 24.6. The van der Waals surface area contributed by atoms with E-state index in [2.05, 4.69) is 68.4 Å². The summed E-state index contributed by atoms with van der Waals surface area (Å²) in [5.74, 6) is -2.08. The lowest BCUT2D eigenvalue weighted by atomic mass is 9.93. The average molecular weight is 1280 g/mol. The summed E-state index contributed by atoms with van der Waals surface area (Å²) in [7, 11) is 1.61. The number of amides is 4. The standard InChI is InChI=1S/C28H24FN5O.C24H29N5O2.C22H24F2N4O/c1-3-20-14-26(28(35)33-12-10-18-7-4-5-9-21(18)17(33)2)31-27-16-25(32-34(20)27)22-13-19-8-6-11-30-24(19)15-23(22)29;1-4-19-14-21(24(31)28-13-7-5-6-8-16(28)2)26-22-15-20(27-29(19)22)17-9-11-18(12-10-17)23(30)25-3;1-3-15-13-18(22(29)27-12-8-4-5-9-14(27)2)25-21-19(24)20(26-28(15)21)16-10-6-7-11-17(16)23/h4-9,11,13-17H,3,10,12H2,1-2H3;9-12,14-16H,4-8,13H2,1-3H3,(H,25,30);6-7,10-11,13-14H,3-5,8-9,12H2,1-2H3. The molecule has 3 aliphatic heterocycles. The Morgan fingerprint density at radius 2 is 1.11 bits per heavy atom. The maximum Gasteiger partial charge on any atom is 0.273 e. The summed E-state index contributed by atoms with van der Waals surface area (Å²) < 4.78 is 49.2. The smallest absolute Gasteiger partial charge is 0.273 e. The number of pyridine rings is 1. The van der Waals surface area contributed by atoms with E-state index in [0.29, 0.717) is 76.6 Å². The number of nitrogens with zero attached hydrogens (tertiary/aromatic N) is 13. The molecule has 10 heterocycles. The third kappa shape index (κ3) is 13.2. The molecule has 3 aliphatic rings. The second-order valence-corrected chi connectivity index (χ2v) is 24.6. The number of benzene rings is 4. The Labute approximate surface area is 549 Å². The van der Waals surface area contributed by atoms with Gasteiger partial charge < -0.3 is 20.0 Å². The van der Waals surface area contributed by atoms with Crippen molar-refractivity contribution in [3.8, 4) is 33.8 Å². The lowest BCUT2D eigenvalue weighted by molar-refractivity contribution is 0.0667. The van der Waals surface area contributed by atoms with Gasteiger partial charge in [0.1, 0.15) is 34.4 Å². The number of fused-ring (bicyclic) bond motifs is 5. The van der Waals surface area contributed by atoms with Crippen LogP contribution < -0.4 is 5.32 Å². The van der Waals surface area contributed by atoms with E-state index < -0.39 is 17.5 Å². The first kappa shape index (κ1) is 64.9. The zero-order chi connectivity index (χ0) is 66.6. The van der Waals surface area contributed by atoms with Crippen LogP contribution in [0.2, 0.25) is 0 Å². The van der Waals surface area contributed by atoms with Gasteiger partial charge in [-0.3, -0.25) is 24.2 Å². The second kappa shape index (κ2) is 28.2. The van der Waals surface area contributed by atoms with Crippen molar-refractivity contribution >= 4 is 51.5 Å². The van der Waals surface area contributed by atoms with E-state index in [-0.39, 0.29) is 64.4 Å². The SMILES string of the molecule is CCc1cc(C(=O)N2CCCCCC2C)nc2c(F)c(-c3ccccc3F)nn12.CCc1cc(C(=O)N2CCCCCC2C)nc2cc(-c3ccc(C(=O)NC)cc3)nn12.CCc1cc(C(=O)N2CCc3ccccc3C2C)nc2cc(-c3cc4cccnc4cc3F)nn12. The van der Waals surface area contributed by atoms with E-state index in [4.69, 9.17) is 5.10 Å². The van der Waals surface area contributed by atoms with Crippen molar-refractivity contribution in [3.63, 3.8) is 0 Å². The number of carbonyl (C=O) groups is 4. The maximum absolute atomic E-state index is 15.2. The fraction of sp³-hybridized carbons (Fsp3) is 0.338. The van der Waals surface area contributed by atoms with Crippen molar-refractivity contribution < 1.29 is 32.3 Å². The number of nitrogens with one attached hydrogen (secondary N) is 1. The number of aromatic nitrogens is 10. The van der Waals surface area contributed by atoms with Crippen LogP contribution in [0, 0.1) is 17.5 Å². The topological polar surface area (TPSA) is 193 Å². The Bertz CT molecular complexity index is 4700. The highest BCUT2D eigenvalue weighted by molar-refractivity contribution is 5.96. The van der Waals surface area contributed by atoms with E-state index in [1.807, 2.05) is 88.5 Å². The molecule has 0 bridgehead atoms. The van der Waals surface area contributed by atoms with Gasteiger partial charge in [-0.05, 0) is 138 Å². The zero-order valence-corrected chi connectivity index (χ0v) is 54.6. The van der Waals surface area contributed by atoms with Crippen LogP contribution in [0.1, 0.15) is 169 Å². The molecule has 4 amide bonds. The molecule has 2 saturated heterocycles. The molecule has 0 spiro atoms. The van der Waals surface area contributed by atoms with Crippen molar-refractivity contribution in [1.29, 1.82) is 0 Å². The predicted molar refractivity (Wildman–Crippen MR) is 359 cm³/mol. The molecule has 0 aliphatic carbocycles. The van der Waals surface area contributed by atoms with Crippen LogP contribution in [0.4, 0.5) is 13.2 Å². The normalized spacial score (nSPS) is 16.6. The molecule has 3 unspecified atom stereocenters. The summed E-state index contributed by atoms with van der Waals surface area (Å²) >= 11 is 0. The van der Waals surface area contributed by atoms with Crippen molar-refractivity contribution in [1.82, 2.24) is 68.8 Å². The Kier molecular flexibility index (Phi) is 19.3. The number of halogens is 3. The maximum atomic E-state index is 15.2. The Morgan fingerprint density at radius 1 is 0.537 bits per heavy atom. The molecular formula is C74H77F3N14O4. The molecule has 4 aromatic carbocycles. The summed E-state index contributed by atoms with van der Waals surface area (Å²) in [6, 6.07) is 37.7. The van der Waals surface area contributed by atoms with Gasteiger partial charge >= 0.3 is 0 Å². The van der Waals surface area contributed by atoms with Gasteiger partial charge in [0.2, 0.25) is 0 Å². The molecule has 1 N–H and O–H groups in total. The average Bonchev–Trinajstić information content (AvgIpc) is 1.70. The molecule has 2 fully saturated rings. The molecule has 11 aromatic rings. The summed E-state index contributed by atoms with van der Waals surface area (Å²) in [6.45, 7) is 14.3. The quantitative estimate of drug-likeness (QED) is 0.137. The third-order valence-corrected chi connectivity index (χ3v) is 18.6. The van der Waals surface area contributed by atoms with Gasteiger partial charge in [0.05, 0.1) is 22.9 Å². The van der Waals surface area contributed by atoms with E-state index in [1.54, 1.807) is 66.3 Å². The first-order chi connectivity index (χ1) is 46.0. The van der Waals surface area contributed by atoms with E-state index in [0.717, 1.165) is 85.9 Å². The number of carbonyl (C=O) groups excluding carboxylic acids is 4. The van der Waals surface area contributed by atoms with E-state index in [1.165, 1.54) is 46.7 Å². The number of aryl methyl sites for hydroxylation is 3. The lowest BCUT2D eigenvalue weighted by Gasteiger charge is -2.35. The largest absolute Gasteiger partial charge is 0.355 e. The first-order valence-corrected chi connectivity index (χ1v) is 33.1. The van der Waals surface area contributed by atoms with Crippen LogP contribution in [0.5, 0.6) is 0 Å². The molecule has 7 aromatic heterocycles. The summed E-state index contributed by atoms with van der Waals surface area (Å²) in [4.78, 5) is 75.4. The van der Waals surface area contributed by atoms with E-state index in [9.17, 15) is 28.0 Å². The van der Waals surface area contributed by atoms with Crippen LogP contribution in [0.15, 0.2) is 134 Å². The molecule has 488 valence electrons. The van der Waals surface area contributed by atoms with Gasteiger partial charge in [-0.2, -0.15) is 15.3 Å². The number of rotatable bonds is 10. The molecule has 14 rings (SSSR count). The Morgan fingerprint density at radius 3 is 1.73 bits per heavy atom. The monoisotopic (exact) mass is 1280 g/mol. The highest BCUT2D eigenvalue weighted by Gasteiger charge is 2.32. The van der Waals surface area contributed by atoms with E-state index >= 15 is 4.39 Å². The third-order valence-electron chi connectivity index (χ3n) is 18.6. The van der Waals surface area contributed by atoms with Crippen LogP contribution >= 0.6 is 0 Å². The minimum Gasteiger partial charge on any atom is -0.355 e. The molecule has 0 saturated carbocycles. The number of hydrogen-bond acceptors (Lipinski definition) is 11. The molecular weight excluding hydrogens is 1210 g/mol. The summed E-state index contributed by atoms with van der Waals surface area (Å²) in [5, 5.41) is 17.1. The van der Waals surface area contributed by atoms with Crippen molar-refractivity contribution in [2.45, 2.75) is 137 Å². The highest BCUT2D eigenvalue weighted by Crippen LogP contribution is 2.34. The van der Waals surface area contributed by atoms with Gasteiger partial charge in [-0.15, -0.1) is 0 Å². The molecule has 95 heavy (non-hydrogen) atoms. The van der Waals surface area contributed by atoms with Crippen molar-refractivity contribution in [2.75, 3.05) is 26.7 Å². The van der Waals surface area contributed by atoms with Crippen molar-refractivity contribution in [2.24, 2.45) is 0 Å². The minimum atomic E-state index is -0.719. The Hall–Kier alpha value is -10.2. The molecule has 21 heteroatoms. The van der Waals surface area contributed by atoms with Crippen LogP contribution in [-0.2, 0) is 25.7 Å². The van der Waals surface area contributed by atoms with Crippen LogP contribution in [0.3, 0.4) is 0 Å². The van der Waals surface area contributed by atoms with Crippen LogP contribution in [0.25, 0.3) is 61.6 Å². The zero-order valence-electron chi connectivity index (χ0n) is 54.6. The number of hydrogen-bond donors (Lipinski definition) is 1. The predicted octanol–water partition coefficient (Wildman–Crippen LogP) is 13.8. The minimum absolute atomic E-state index is 0.00396. The van der Waals surface area contributed by atoms with Crippen molar-refractivity contribution in [3.05, 3.63) is 202 Å². The highest BCUT2D eigenvalue weighted by atomic mass is 19.1. The van der Waals surface area contributed by atoms with Gasteiger partial charge in [0.25, 0.3) is 23.6 Å². The first-order valence-electron chi connectivity index (χ1n) is 33.1. The number of likely N-dealkylation sites (tertiary alicyclic amines) is 2. The molecule has 18 nitrogen and oxygen atoms in total. The molecule has 3 atom stereocenters. The summed E-state index contributed by atoms with van der Waals surface area (Å²) in [5.41, 5.74) is 10.8. The Balaban J connectivity index is 0.000000137. The fourth-order valence-electron chi connectivity index (χ4n) is 13.2. The van der Waals surface area contributed by atoms with Crippen LogP contribution in [-0.4, -0.2) is 126 Å². The molecule has 0 radical (unpaired) electrons. The van der Waals surface area contributed by atoms with Gasteiger partial charge in [0.15, 0.2) is 22.8 Å². The summed E-state index contributed by atoms with van der Waals surface area (Å²) in [6.07, 6.45) is 12.9.